The largest absolute Gasteiger partial charge is 0.497 e. The lowest BCUT2D eigenvalue weighted by Gasteiger charge is -2.31. The molecule has 35 heavy (non-hydrogen) atoms. The van der Waals surface area contributed by atoms with Gasteiger partial charge in [-0.3, -0.25) is 18.7 Å². The molecule has 2 rings (SSSR count). The molecule has 1 atom stereocenters. The Hall–Kier alpha value is -3.40. The number of nitrogens with zero attached hydrogens (tertiary/aromatic N) is 2. The van der Waals surface area contributed by atoms with Gasteiger partial charge in [0.1, 0.15) is 18.3 Å². The number of sulfonamides is 1. The van der Waals surface area contributed by atoms with E-state index >= 15 is 0 Å². The Balaban J connectivity index is 2.40. The number of hydrogen-bond donors (Lipinski definition) is 1. The first-order valence-corrected chi connectivity index (χ1v) is 13.1. The van der Waals surface area contributed by atoms with Gasteiger partial charge in [-0.2, -0.15) is 0 Å². The molecule has 2 aromatic rings. The Kier molecular flexibility index (Phi) is 9.82. The summed E-state index contributed by atoms with van der Waals surface area (Å²) in [5, 5.41) is 2.78. The van der Waals surface area contributed by atoms with E-state index in [0.717, 1.165) is 22.5 Å². The standard InChI is InChI=1S/C25H33N3O6S/c1-6-14-26-25(31)18(2)27(16-20-10-12-23(34-4)13-11-20)24(30)17-28(35(5,32)33)22-9-7-8-21(15-22)19(3)29/h7-13,15,18H,6,14,16-17H2,1-5H3,(H,26,31)/t18-/m0/s1. The highest BCUT2D eigenvalue weighted by atomic mass is 32.2. The number of Topliss-reactive ketones (excluding diaryl/α,β-unsaturated/α-hetero) is 1. The molecule has 0 radical (unpaired) electrons. The van der Waals surface area contributed by atoms with E-state index in [-0.39, 0.29) is 23.9 Å². The first-order valence-electron chi connectivity index (χ1n) is 11.3. The number of amides is 2. The summed E-state index contributed by atoms with van der Waals surface area (Å²) in [7, 11) is -2.33. The third-order valence-electron chi connectivity index (χ3n) is 5.45. The number of ether oxygens (including phenoxy) is 1. The number of carbonyl (C=O) groups is 3. The number of methoxy groups -OCH3 is 1. The number of carbonyl (C=O) groups excluding carboxylic acids is 3. The highest BCUT2D eigenvalue weighted by Gasteiger charge is 2.30. The summed E-state index contributed by atoms with van der Waals surface area (Å²) in [5.41, 5.74) is 1.27. The number of anilines is 1. The topological polar surface area (TPSA) is 113 Å². The SMILES string of the molecule is CCCNC(=O)[C@H](C)N(Cc1ccc(OC)cc1)C(=O)CN(c1cccc(C(C)=O)c1)S(C)(=O)=O. The molecule has 0 aliphatic carbocycles. The van der Waals surface area contributed by atoms with Gasteiger partial charge < -0.3 is 15.0 Å². The van der Waals surface area contributed by atoms with E-state index in [1.165, 1.54) is 24.0 Å². The zero-order chi connectivity index (χ0) is 26.2. The van der Waals surface area contributed by atoms with Gasteiger partial charge in [-0.15, -0.1) is 0 Å². The molecular formula is C25H33N3O6S. The molecule has 1 N–H and O–H groups in total. The van der Waals surface area contributed by atoms with Crippen molar-refractivity contribution in [2.75, 3.05) is 30.8 Å². The molecule has 0 unspecified atom stereocenters. The van der Waals surface area contributed by atoms with Crippen LogP contribution in [0.4, 0.5) is 5.69 Å². The molecule has 190 valence electrons. The van der Waals surface area contributed by atoms with Crippen LogP contribution in [-0.2, 0) is 26.2 Å². The zero-order valence-electron chi connectivity index (χ0n) is 20.8. The number of nitrogens with one attached hydrogen (secondary N) is 1. The highest BCUT2D eigenvalue weighted by Crippen LogP contribution is 2.21. The summed E-state index contributed by atoms with van der Waals surface area (Å²) in [5.74, 6) is -0.472. The van der Waals surface area contributed by atoms with E-state index in [4.69, 9.17) is 4.74 Å². The van der Waals surface area contributed by atoms with Crippen molar-refractivity contribution in [3.63, 3.8) is 0 Å². The van der Waals surface area contributed by atoms with Crippen LogP contribution in [0, 0.1) is 0 Å². The Morgan fingerprint density at radius 1 is 1.09 bits per heavy atom. The van der Waals surface area contributed by atoms with Crippen molar-refractivity contribution in [3.8, 4) is 5.75 Å². The third-order valence-corrected chi connectivity index (χ3v) is 6.59. The fraction of sp³-hybridized carbons (Fsp3) is 0.400. The normalized spacial score (nSPS) is 11.9. The molecule has 0 saturated heterocycles. The van der Waals surface area contributed by atoms with E-state index in [1.54, 1.807) is 50.4 Å². The lowest BCUT2D eigenvalue weighted by Crippen LogP contribution is -2.51. The summed E-state index contributed by atoms with van der Waals surface area (Å²) in [6.07, 6.45) is 1.73. The van der Waals surface area contributed by atoms with Gasteiger partial charge in [-0.25, -0.2) is 8.42 Å². The van der Waals surface area contributed by atoms with Crippen LogP contribution in [-0.4, -0.2) is 63.4 Å². The molecule has 10 heteroatoms. The molecule has 0 aromatic heterocycles. The van der Waals surface area contributed by atoms with Crippen molar-refractivity contribution in [3.05, 3.63) is 59.7 Å². The van der Waals surface area contributed by atoms with Gasteiger partial charge in [0.05, 0.1) is 19.1 Å². The van der Waals surface area contributed by atoms with Crippen molar-refractivity contribution in [2.45, 2.75) is 39.8 Å². The quantitative estimate of drug-likeness (QED) is 0.446. The minimum Gasteiger partial charge on any atom is -0.497 e. The van der Waals surface area contributed by atoms with Gasteiger partial charge in [0.15, 0.2) is 5.78 Å². The molecule has 0 spiro atoms. The van der Waals surface area contributed by atoms with Gasteiger partial charge in [-0.05, 0) is 50.1 Å². The lowest BCUT2D eigenvalue weighted by molar-refractivity contribution is -0.139. The average Bonchev–Trinajstić information content (AvgIpc) is 2.83. The van der Waals surface area contributed by atoms with Crippen molar-refractivity contribution in [1.82, 2.24) is 10.2 Å². The molecular weight excluding hydrogens is 470 g/mol. The first-order chi connectivity index (χ1) is 16.5. The highest BCUT2D eigenvalue weighted by molar-refractivity contribution is 7.92. The van der Waals surface area contributed by atoms with Crippen LogP contribution in [0.3, 0.4) is 0 Å². The van der Waals surface area contributed by atoms with Crippen molar-refractivity contribution in [1.29, 1.82) is 0 Å². The molecule has 2 aromatic carbocycles. The maximum absolute atomic E-state index is 13.5. The Morgan fingerprint density at radius 2 is 1.74 bits per heavy atom. The molecule has 2 amide bonds. The fourth-order valence-electron chi connectivity index (χ4n) is 3.40. The summed E-state index contributed by atoms with van der Waals surface area (Å²) in [4.78, 5) is 39.4. The molecule has 0 aliphatic heterocycles. The summed E-state index contributed by atoms with van der Waals surface area (Å²) in [6, 6.07) is 12.3. The second kappa shape index (κ2) is 12.3. The molecule has 0 bridgehead atoms. The van der Waals surface area contributed by atoms with Gasteiger partial charge in [0, 0.05) is 18.7 Å². The Bertz CT molecular complexity index is 1150. The van der Waals surface area contributed by atoms with Gasteiger partial charge >= 0.3 is 0 Å². The number of hydrogen-bond acceptors (Lipinski definition) is 6. The van der Waals surface area contributed by atoms with E-state index in [9.17, 15) is 22.8 Å². The van der Waals surface area contributed by atoms with Crippen LogP contribution in [0.15, 0.2) is 48.5 Å². The average molecular weight is 504 g/mol. The number of ketones is 1. The van der Waals surface area contributed by atoms with E-state index in [2.05, 4.69) is 5.32 Å². The number of benzene rings is 2. The maximum Gasteiger partial charge on any atom is 0.244 e. The molecule has 9 nitrogen and oxygen atoms in total. The molecule has 0 heterocycles. The third kappa shape index (κ3) is 7.81. The van der Waals surface area contributed by atoms with Crippen LogP contribution < -0.4 is 14.4 Å². The van der Waals surface area contributed by atoms with Gasteiger partial charge in [0.25, 0.3) is 0 Å². The minimum atomic E-state index is -3.87. The van der Waals surface area contributed by atoms with E-state index < -0.39 is 28.5 Å². The Labute approximate surface area is 207 Å². The second-order valence-corrected chi connectivity index (χ2v) is 10.1. The minimum absolute atomic E-state index is 0.0919. The van der Waals surface area contributed by atoms with E-state index in [1.807, 2.05) is 6.92 Å². The van der Waals surface area contributed by atoms with Gasteiger partial charge in [0.2, 0.25) is 21.8 Å². The molecule has 0 fully saturated rings. The van der Waals surface area contributed by atoms with Crippen LogP contribution in [0.2, 0.25) is 0 Å². The van der Waals surface area contributed by atoms with Gasteiger partial charge in [-0.1, -0.05) is 31.2 Å². The second-order valence-electron chi connectivity index (χ2n) is 8.21. The van der Waals surface area contributed by atoms with Crippen molar-refractivity contribution >= 4 is 33.3 Å². The monoisotopic (exact) mass is 503 g/mol. The fourth-order valence-corrected chi connectivity index (χ4v) is 4.24. The molecule has 0 saturated carbocycles. The summed E-state index contributed by atoms with van der Waals surface area (Å²) in [6.45, 7) is 4.93. The summed E-state index contributed by atoms with van der Waals surface area (Å²) >= 11 is 0. The smallest absolute Gasteiger partial charge is 0.244 e. The van der Waals surface area contributed by atoms with Crippen LogP contribution >= 0.6 is 0 Å². The maximum atomic E-state index is 13.5. The predicted molar refractivity (Wildman–Crippen MR) is 135 cm³/mol. The number of rotatable bonds is 12. The first kappa shape index (κ1) is 27.8. The van der Waals surface area contributed by atoms with Crippen LogP contribution in [0.25, 0.3) is 0 Å². The molecule has 0 aliphatic rings. The van der Waals surface area contributed by atoms with Crippen molar-refractivity contribution in [2.24, 2.45) is 0 Å². The zero-order valence-corrected chi connectivity index (χ0v) is 21.6. The van der Waals surface area contributed by atoms with E-state index in [0.29, 0.717) is 17.9 Å². The van der Waals surface area contributed by atoms with Crippen LogP contribution in [0.5, 0.6) is 5.75 Å². The lowest BCUT2D eigenvalue weighted by atomic mass is 10.1. The van der Waals surface area contributed by atoms with Crippen LogP contribution in [0.1, 0.15) is 43.1 Å². The summed E-state index contributed by atoms with van der Waals surface area (Å²) < 4.78 is 31.4. The Morgan fingerprint density at radius 3 is 2.29 bits per heavy atom. The predicted octanol–water partition coefficient (Wildman–Crippen LogP) is 2.61. The van der Waals surface area contributed by atoms with Crippen molar-refractivity contribution < 1.29 is 27.5 Å².